The van der Waals surface area contributed by atoms with Crippen molar-refractivity contribution in [1.29, 1.82) is 0 Å². The molecule has 0 saturated heterocycles. The Bertz CT molecular complexity index is 1050. The molecule has 4 aromatic rings. The lowest BCUT2D eigenvalue weighted by Gasteiger charge is -2.26. The molecule has 6 nitrogen and oxygen atoms in total. The molecule has 25 heavy (non-hydrogen) atoms. The Morgan fingerprint density at radius 2 is 2.12 bits per heavy atom. The highest BCUT2D eigenvalue weighted by Gasteiger charge is 2.23. The molecule has 0 fully saturated rings. The fraction of sp³-hybridized carbons (Fsp3) is 0.333. The van der Waals surface area contributed by atoms with Crippen LogP contribution in [0.3, 0.4) is 0 Å². The van der Waals surface area contributed by atoms with Gasteiger partial charge in [0.1, 0.15) is 11.2 Å². The first-order valence-corrected chi connectivity index (χ1v) is 9.43. The zero-order chi connectivity index (χ0) is 16.8. The summed E-state index contributed by atoms with van der Waals surface area (Å²) in [6.45, 7) is 5.54. The van der Waals surface area contributed by atoms with Crippen molar-refractivity contribution in [3.8, 4) is 11.4 Å². The van der Waals surface area contributed by atoms with Gasteiger partial charge in [-0.3, -0.25) is 9.88 Å². The van der Waals surface area contributed by atoms with Crippen LogP contribution in [0.15, 0.2) is 30.9 Å². The average Bonchev–Trinajstić information content (AvgIpc) is 3.23. The zero-order valence-electron chi connectivity index (χ0n) is 14.0. The van der Waals surface area contributed by atoms with E-state index in [-0.39, 0.29) is 0 Å². The first kappa shape index (κ1) is 14.9. The largest absolute Gasteiger partial charge is 0.298 e. The van der Waals surface area contributed by atoms with Crippen LogP contribution in [0.5, 0.6) is 0 Å². The van der Waals surface area contributed by atoms with Gasteiger partial charge in [-0.05, 0) is 37.1 Å². The molecule has 126 valence electrons. The van der Waals surface area contributed by atoms with Gasteiger partial charge in [-0.25, -0.2) is 14.5 Å². The number of fused-ring (bicyclic) bond motifs is 5. The summed E-state index contributed by atoms with van der Waals surface area (Å²) in [5, 5.41) is 5.80. The van der Waals surface area contributed by atoms with Gasteiger partial charge in [-0.2, -0.15) is 0 Å². The molecule has 5 heterocycles. The Balaban J connectivity index is 1.67. The van der Waals surface area contributed by atoms with Gasteiger partial charge < -0.3 is 0 Å². The standard InChI is InChI=1S/C18H18N6S/c1-2-8-23-9-5-13-14(10-23)25-18-15(13)17-21-16(22-24(17)11-20-18)12-3-6-19-7-4-12/h3-4,6-7,11H,2,5,8-10H2,1H3. The van der Waals surface area contributed by atoms with Crippen molar-refractivity contribution in [3.63, 3.8) is 0 Å². The molecule has 0 unspecified atom stereocenters. The number of hydrogen-bond donors (Lipinski definition) is 0. The number of pyridine rings is 1. The van der Waals surface area contributed by atoms with Crippen molar-refractivity contribution in [3.05, 3.63) is 41.3 Å². The van der Waals surface area contributed by atoms with Crippen LogP contribution in [0.2, 0.25) is 0 Å². The molecule has 0 N–H and O–H groups in total. The summed E-state index contributed by atoms with van der Waals surface area (Å²) in [6.07, 6.45) is 7.57. The lowest BCUT2D eigenvalue weighted by molar-refractivity contribution is 0.258. The Labute approximate surface area is 149 Å². The molecular weight excluding hydrogens is 332 g/mol. The van der Waals surface area contributed by atoms with E-state index in [1.165, 1.54) is 22.2 Å². The third kappa shape index (κ3) is 2.42. The summed E-state index contributed by atoms with van der Waals surface area (Å²) in [5.41, 5.74) is 3.31. The Hall–Kier alpha value is -2.38. The maximum absolute atomic E-state index is 4.82. The second-order valence-electron chi connectivity index (χ2n) is 6.39. The van der Waals surface area contributed by atoms with E-state index in [0.717, 1.165) is 47.9 Å². The lowest BCUT2D eigenvalue weighted by Crippen LogP contribution is -2.30. The zero-order valence-corrected chi connectivity index (χ0v) is 14.8. The Morgan fingerprint density at radius 3 is 2.96 bits per heavy atom. The first-order valence-electron chi connectivity index (χ1n) is 8.62. The van der Waals surface area contributed by atoms with Crippen molar-refractivity contribution < 1.29 is 0 Å². The normalized spacial score (nSPS) is 15.1. The monoisotopic (exact) mass is 350 g/mol. The highest BCUT2D eigenvalue weighted by atomic mass is 32.1. The minimum Gasteiger partial charge on any atom is -0.298 e. The maximum atomic E-state index is 4.82. The molecule has 0 saturated carbocycles. The predicted octanol–water partition coefficient (Wildman–Crippen LogP) is 3.17. The fourth-order valence-electron chi connectivity index (χ4n) is 3.58. The quantitative estimate of drug-likeness (QED) is 0.568. The summed E-state index contributed by atoms with van der Waals surface area (Å²) >= 11 is 1.81. The number of rotatable bonds is 3. The molecule has 0 amide bonds. The van der Waals surface area contributed by atoms with E-state index in [0.29, 0.717) is 0 Å². The van der Waals surface area contributed by atoms with E-state index in [1.54, 1.807) is 30.1 Å². The SMILES string of the molecule is CCCN1CCc2c(sc3ncn4nc(-c5ccncc5)nc4c23)C1. The van der Waals surface area contributed by atoms with E-state index in [9.17, 15) is 0 Å². The average molecular weight is 350 g/mol. The van der Waals surface area contributed by atoms with Crippen LogP contribution in [0.4, 0.5) is 0 Å². The van der Waals surface area contributed by atoms with E-state index in [2.05, 4.69) is 26.9 Å². The number of hydrogen-bond acceptors (Lipinski definition) is 6. The third-order valence-corrected chi connectivity index (χ3v) is 5.86. The summed E-state index contributed by atoms with van der Waals surface area (Å²) < 4.78 is 1.81. The molecule has 0 aromatic carbocycles. The molecule has 0 radical (unpaired) electrons. The molecule has 0 spiro atoms. The fourth-order valence-corrected chi connectivity index (χ4v) is 4.80. The van der Waals surface area contributed by atoms with Crippen molar-refractivity contribution in [2.75, 3.05) is 13.1 Å². The van der Waals surface area contributed by atoms with Gasteiger partial charge in [-0.1, -0.05) is 6.92 Å². The molecule has 1 aliphatic rings. The van der Waals surface area contributed by atoms with Crippen LogP contribution >= 0.6 is 11.3 Å². The van der Waals surface area contributed by atoms with Crippen LogP contribution < -0.4 is 0 Å². The summed E-state index contributed by atoms with van der Waals surface area (Å²) in [7, 11) is 0. The number of aromatic nitrogens is 5. The molecule has 5 rings (SSSR count). The number of nitrogens with zero attached hydrogens (tertiary/aromatic N) is 6. The minimum atomic E-state index is 0.722. The maximum Gasteiger partial charge on any atom is 0.182 e. The summed E-state index contributed by atoms with van der Waals surface area (Å²) in [5.74, 6) is 0.722. The first-order chi connectivity index (χ1) is 12.3. The Morgan fingerprint density at radius 1 is 1.24 bits per heavy atom. The van der Waals surface area contributed by atoms with Gasteiger partial charge in [0.2, 0.25) is 0 Å². The van der Waals surface area contributed by atoms with Crippen LogP contribution in [0.1, 0.15) is 23.8 Å². The molecule has 1 aliphatic heterocycles. The molecule has 0 bridgehead atoms. The topological polar surface area (TPSA) is 59.2 Å². The summed E-state index contributed by atoms with van der Waals surface area (Å²) in [6, 6.07) is 3.87. The third-order valence-electron chi connectivity index (χ3n) is 4.73. The molecule has 7 heteroatoms. The van der Waals surface area contributed by atoms with E-state index in [1.807, 2.05) is 16.6 Å². The Kier molecular flexibility index (Phi) is 3.50. The lowest BCUT2D eigenvalue weighted by atomic mass is 10.1. The van der Waals surface area contributed by atoms with Crippen molar-refractivity contribution in [1.82, 2.24) is 29.5 Å². The highest BCUT2D eigenvalue weighted by molar-refractivity contribution is 7.19. The summed E-state index contributed by atoms with van der Waals surface area (Å²) in [4.78, 5) is 18.6. The van der Waals surface area contributed by atoms with Gasteiger partial charge in [-0.15, -0.1) is 16.4 Å². The minimum absolute atomic E-state index is 0.722. The van der Waals surface area contributed by atoms with Crippen LogP contribution in [0, 0.1) is 0 Å². The predicted molar refractivity (Wildman–Crippen MR) is 98.7 cm³/mol. The molecule has 0 aliphatic carbocycles. The smallest absolute Gasteiger partial charge is 0.182 e. The van der Waals surface area contributed by atoms with Crippen molar-refractivity contribution in [2.24, 2.45) is 0 Å². The van der Waals surface area contributed by atoms with Gasteiger partial charge in [0.15, 0.2) is 11.5 Å². The van der Waals surface area contributed by atoms with Gasteiger partial charge in [0.05, 0.1) is 5.39 Å². The van der Waals surface area contributed by atoms with Gasteiger partial charge >= 0.3 is 0 Å². The van der Waals surface area contributed by atoms with E-state index < -0.39 is 0 Å². The second kappa shape index (κ2) is 5.86. The number of thiophene rings is 1. The van der Waals surface area contributed by atoms with E-state index in [4.69, 9.17) is 4.98 Å². The van der Waals surface area contributed by atoms with Gasteiger partial charge in [0, 0.05) is 35.9 Å². The molecule has 0 atom stereocenters. The second-order valence-corrected chi connectivity index (χ2v) is 7.48. The molecular formula is C18H18N6S. The van der Waals surface area contributed by atoms with Crippen molar-refractivity contribution in [2.45, 2.75) is 26.3 Å². The van der Waals surface area contributed by atoms with Crippen molar-refractivity contribution >= 4 is 27.2 Å². The van der Waals surface area contributed by atoms with E-state index >= 15 is 0 Å². The molecule has 4 aromatic heterocycles. The van der Waals surface area contributed by atoms with Crippen LogP contribution in [0.25, 0.3) is 27.3 Å². The van der Waals surface area contributed by atoms with Gasteiger partial charge in [0.25, 0.3) is 0 Å². The van der Waals surface area contributed by atoms with Crippen LogP contribution in [-0.4, -0.2) is 42.6 Å². The van der Waals surface area contributed by atoms with Crippen LogP contribution in [-0.2, 0) is 13.0 Å². The highest BCUT2D eigenvalue weighted by Crippen LogP contribution is 2.36.